The van der Waals surface area contributed by atoms with E-state index >= 15 is 0 Å². The average molecular weight is 470 g/mol. The van der Waals surface area contributed by atoms with Crippen molar-refractivity contribution in [1.29, 1.82) is 0 Å². The summed E-state index contributed by atoms with van der Waals surface area (Å²) < 4.78 is 33.5. The van der Waals surface area contributed by atoms with Crippen molar-refractivity contribution >= 4 is 27.3 Å². The van der Waals surface area contributed by atoms with Crippen molar-refractivity contribution in [2.24, 2.45) is 17.1 Å². The summed E-state index contributed by atoms with van der Waals surface area (Å²) in [6, 6.07) is 12.4. The highest BCUT2D eigenvalue weighted by Crippen LogP contribution is 2.45. The number of anilines is 2. The molecule has 1 heterocycles. The number of nitrogens with one attached hydrogen (secondary N) is 2. The molecule has 0 bridgehead atoms. The lowest BCUT2D eigenvalue weighted by atomic mass is 10.1. The molecule has 4 N–H and O–H groups in total. The summed E-state index contributed by atoms with van der Waals surface area (Å²) in [6.07, 6.45) is 1.72. The highest BCUT2D eigenvalue weighted by molar-refractivity contribution is 7.92. The van der Waals surface area contributed by atoms with Gasteiger partial charge in [0.25, 0.3) is 10.0 Å². The number of nitrogens with two attached hydrogens (primary N) is 1. The van der Waals surface area contributed by atoms with Gasteiger partial charge in [-0.2, -0.15) is 4.98 Å². The number of aromatic nitrogens is 2. The summed E-state index contributed by atoms with van der Waals surface area (Å²) in [7, 11) is -3.84. The number of rotatable bonds is 8. The van der Waals surface area contributed by atoms with E-state index in [1.165, 1.54) is 12.1 Å². The van der Waals surface area contributed by atoms with Crippen molar-refractivity contribution < 1.29 is 17.7 Å². The van der Waals surface area contributed by atoms with Gasteiger partial charge in [0, 0.05) is 16.7 Å². The van der Waals surface area contributed by atoms with Gasteiger partial charge >= 0.3 is 0 Å². The third-order valence-corrected chi connectivity index (χ3v) is 7.19. The molecule has 1 aliphatic rings. The van der Waals surface area contributed by atoms with Crippen LogP contribution in [0, 0.1) is 11.3 Å². The Balaban J connectivity index is 1.47. The fourth-order valence-electron chi connectivity index (χ4n) is 3.13. The maximum absolute atomic E-state index is 12.9. The average Bonchev–Trinajstić information content (AvgIpc) is 3.34. The first-order chi connectivity index (χ1) is 15.6. The Hall–Kier alpha value is -3.24. The van der Waals surface area contributed by atoms with E-state index < -0.39 is 10.0 Å². The van der Waals surface area contributed by atoms with E-state index in [2.05, 4.69) is 20.2 Å². The number of hydrogen-bond donors (Lipinski definition) is 3. The van der Waals surface area contributed by atoms with Crippen LogP contribution in [0.25, 0.3) is 11.4 Å². The lowest BCUT2D eigenvalue weighted by Crippen LogP contribution is -2.21. The second-order valence-electron chi connectivity index (χ2n) is 8.95. The topological polar surface area (TPSA) is 140 Å². The third kappa shape index (κ3) is 5.07. The number of carbonyl (C=O) groups is 1. The Morgan fingerprint density at radius 1 is 1.12 bits per heavy atom. The fourth-order valence-corrected chi connectivity index (χ4v) is 4.18. The number of benzene rings is 2. The zero-order chi connectivity index (χ0) is 23.8. The van der Waals surface area contributed by atoms with E-state index in [-0.39, 0.29) is 28.2 Å². The standard InChI is InChI=1S/C23H27N5O4S/c1-14(2)19(24)21-26-20(27-32-21)15-7-9-18(10-8-15)33(30,31)28-17-6-4-5-16(13-17)25-22(29)23(3)11-12-23/h4-10,13-14,19,28H,11-12,24H2,1-3H3,(H,25,29)/t19-/m0/s1. The van der Waals surface area contributed by atoms with Crippen LogP contribution in [-0.4, -0.2) is 24.5 Å². The molecule has 1 aliphatic carbocycles. The molecule has 4 rings (SSSR count). The minimum absolute atomic E-state index is 0.0583. The molecular weight excluding hydrogens is 442 g/mol. The molecule has 9 nitrogen and oxygen atoms in total. The predicted molar refractivity (Wildman–Crippen MR) is 125 cm³/mol. The normalized spacial score (nSPS) is 15.8. The molecule has 2 aromatic carbocycles. The van der Waals surface area contributed by atoms with Crippen molar-refractivity contribution in [2.45, 2.75) is 44.6 Å². The molecule has 1 amide bonds. The second kappa shape index (κ2) is 8.60. The summed E-state index contributed by atoms with van der Waals surface area (Å²) in [6.45, 7) is 5.82. The van der Waals surface area contributed by atoms with E-state index in [1.54, 1.807) is 36.4 Å². The van der Waals surface area contributed by atoms with Gasteiger partial charge in [-0.3, -0.25) is 9.52 Å². The van der Waals surface area contributed by atoms with Gasteiger partial charge in [-0.15, -0.1) is 0 Å². The fraction of sp³-hybridized carbons (Fsp3) is 0.348. The van der Waals surface area contributed by atoms with E-state index in [9.17, 15) is 13.2 Å². The van der Waals surface area contributed by atoms with Crippen molar-refractivity contribution in [3.8, 4) is 11.4 Å². The SMILES string of the molecule is CC(C)[C@H](N)c1nc(-c2ccc(S(=O)(=O)Nc3cccc(NC(=O)C4(C)CC4)c3)cc2)no1. The van der Waals surface area contributed by atoms with Crippen molar-refractivity contribution in [1.82, 2.24) is 10.1 Å². The molecule has 0 saturated heterocycles. The first-order valence-electron chi connectivity index (χ1n) is 10.7. The molecule has 0 radical (unpaired) electrons. The quantitative estimate of drug-likeness (QED) is 0.454. The van der Waals surface area contributed by atoms with Crippen molar-refractivity contribution in [2.75, 3.05) is 10.0 Å². The molecule has 0 aliphatic heterocycles. The molecule has 1 aromatic heterocycles. The molecule has 0 unspecified atom stereocenters. The minimum Gasteiger partial charge on any atom is -0.337 e. The second-order valence-corrected chi connectivity index (χ2v) is 10.6. The van der Waals surface area contributed by atoms with Crippen LogP contribution in [0.3, 0.4) is 0 Å². The molecule has 3 aromatic rings. The summed E-state index contributed by atoms with van der Waals surface area (Å²) in [4.78, 5) is 16.7. The summed E-state index contributed by atoms with van der Waals surface area (Å²) >= 11 is 0. The van der Waals surface area contributed by atoms with Gasteiger partial charge in [0.1, 0.15) is 0 Å². The van der Waals surface area contributed by atoms with Gasteiger partial charge in [-0.05, 0) is 61.2 Å². The monoisotopic (exact) mass is 469 g/mol. The molecule has 174 valence electrons. The van der Waals surface area contributed by atoms with Crippen LogP contribution in [0.2, 0.25) is 0 Å². The molecule has 1 saturated carbocycles. The van der Waals surface area contributed by atoms with Crippen LogP contribution in [0.5, 0.6) is 0 Å². The zero-order valence-corrected chi connectivity index (χ0v) is 19.5. The number of nitrogens with zero attached hydrogens (tertiary/aromatic N) is 2. The smallest absolute Gasteiger partial charge is 0.261 e. The Morgan fingerprint density at radius 2 is 1.79 bits per heavy atom. The predicted octanol–water partition coefficient (Wildman–Crippen LogP) is 3.93. The Bertz CT molecular complexity index is 1260. The van der Waals surface area contributed by atoms with Gasteiger partial charge in [-0.25, -0.2) is 8.42 Å². The first kappa shape index (κ1) is 22.9. The van der Waals surface area contributed by atoms with E-state index in [4.69, 9.17) is 10.3 Å². The maximum atomic E-state index is 12.9. The summed E-state index contributed by atoms with van der Waals surface area (Å²) in [5, 5.41) is 6.79. The lowest BCUT2D eigenvalue weighted by Gasteiger charge is -2.12. The largest absolute Gasteiger partial charge is 0.337 e. The molecule has 33 heavy (non-hydrogen) atoms. The van der Waals surface area contributed by atoms with Gasteiger partial charge in [0.2, 0.25) is 17.6 Å². The van der Waals surface area contributed by atoms with Gasteiger partial charge < -0.3 is 15.6 Å². The maximum Gasteiger partial charge on any atom is 0.261 e. The Labute approximate surface area is 192 Å². The van der Waals surface area contributed by atoms with Gasteiger partial charge in [0.05, 0.1) is 16.6 Å². The minimum atomic E-state index is -3.84. The Kier molecular flexibility index (Phi) is 5.98. The molecule has 1 atom stereocenters. The van der Waals surface area contributed by atoms with Crippen LogP contribution in [0.15, 0.2) is 57.9 Å². The van der Waals surface area contributed by atoms with Gasteiger partial charge in [-0.1, -0.05) is 32.0 Å². The summed E-state index contributed by atoms with van der Waals surface area (Å²) in [5.74, 6) is 0.754. The van der Waals surface area contributed by atoms with Crippen molar-refractivity contribution in [3.05, 3.63) is 54.4 Å². The molecular formula is C23H27N5O4S. The van der Waals surface area contributed by atoms with E-state index in [1.807, 2.05) is 20.8 Å². The molecule has 0 spiro atoms. The van der Waals surface area contributed by atoms with Crippen LogP contribution in [-0.2, 0) is 14.8 Å². The van der Waals surface area contributed by atoms with Gasteiger partial charge in [0.15, 0.2) is 0 Å². The third-order valence-electron chi connectivity index (χ3n) is 5.79. The molecule has 10 heteroatoms. The number of hydrogen-bond acceptors (Lipinski definition) is 7. The zero-order valence-electron chi connectivity index (χ0n) is 18.7. The number of amides is 1. The lowest BCUT2D eigenvalue weighted by molar-refractivity contribution is -0.120. The highest BCUT2D eigenvalue weighted by Gasteiger charge is 2.44. The van der Waals surface area contributed by atoms with Crippen molar-refractivity contribution in [3.63, 3.8) is 0 Å². The number of carbonyl (C=O) groups excluding carboxylic acids is 1. The van der Waals surface area contributed by atoms with E-state index in [0.717, 1.165) is 12.8 Å². The Morgan fingerprint density at radius 3 is 2.42 bits per heavy atom. The number of sulfonamides is 1. The van der Waals surface area contributed by atoms with Crippen LogP contribution in [0.4, 0.5) is 11.4 Å². The summed E-state index contributed by atoms with van der Waals surface area (Å²) in [5.41, 5.74) is 7.21. The van der Waals surface area contributed by atoms with Crippen LogP contribution < -0.4 is 15.8 Å². The molecule has 1 fully saturated rings. The van der Waals surface area contributed by atoms with E-state index in [0.29, 0.717) is 28.7 Å². The highest BCUT2D eigenvalue weighted by atomic mass is 32.2. The first-order valence-corrected chi connectivity index (χ1v) is 12.2. The van der Waals surface area contributed by atoms with Crippen LogP contribution >= 0.6 is 0 Å². The van der Waals surface area contributed by atoms with Crippen LogP contribution in [0.1, 0.15) is 45.5 Å².